The van der Waals surface area contributed by atoms with Crippen LogP contribution in [-0.2, 0) is 4.57 Å². The first-order valence-electron chi connectivity index (χ1n) is 5.72. The molecule has 0 spiro atoms. The standard InChI is InChI=1S/C15H15O2P/c1-18(2,17)15-8-6-13(7-9-15)14-5-3-4-12(10-14)11-16/h3-11H,1-2H3. The third kappa shape index (κ3) is 2.77. The van der Waals surface area contributed by atoms with Crippen LogP contribution in [0.3, 0.4) is 0 Å². The predicted molar refractivity (Wildman–Crippen MR) is 76.4 cm³/mol. The maximum absolute atomic E-state index is 11.9. The SMILES string of the molecule is CP(C)(=O)c1ccc(-c2cccc(C=O)c2)cc1. The maximum atomic E-state index is 11.9. The van der Waals surface area contributed by atoms with E-state index >= 15 is 0 Å². The molecule has 0 bridgehead atoms. The molecule has 0 amide bonds. The summed E-state index contributed by atoms with van der Waals surface area (Å²) in [6, 6.07) is 15.1. The topological polar surface area (TPSA) is 34.1 Å². The summed E-state index contributed by atoms with van der Waals surface area (Å²) in [5, 5.41) is 0.873. The number of benzene rings is 2. The minimum atomic E-state index is -2.20. The van der Waals surface area contributed by atoms with Gasteiger partial charge in [-0.1, -0.05) is 42.5 Å². The molecular weight excluding hydrogens is 243 g/mol. The molecule has 0 saturated heterocycles. The summed E-state index contributed by atoms with van der Waals surface area (Å²) in [6.07, 6.45) is 0.837. The molecule has 2 rings (SSSR count). The second kappa shape index (κ2) is 4.91. The number of hydrogen-bond donors (Lipinski definition) is 0. The molecular formula is C15H15O2P. The highest BCUT2D eigenvalue weighted by Gasteiger charge is 2.10. The lowest BCUT2D eigenvalue weighted by atomic mass is 10.0. The van der Waals surface area contributed by atoms with Crippen LogP contribution >= 0.6 is 7.14 Å². The minimum Gasteiger partial charge on any atom is -0.319 e. The summed E-state index contributed by atoms with van der Waals surface area (Å²) in [4.78, 5) is 10.7. The first kappa shape index (κ1) is 12.8. The largest absolute Gasteiger partial charge is 0.319 e. The highest BCUT2D eigenvalue weighted by molar-refractivity contribution is 7.70. The fourth-order valence-corrected chi connectivity index (χ4v) is 2.67. The van der Waals surface area contributed by atoms with Gasteiger partial charge in [-0.25, -0.2) is 0 Å². The van der Waals surface area contributed by atoms with Crippen molar-refractivity contribution in [2.45, 2.75) is 0 Å². The first-order chi connectivity index (χ1) is 8.50. The van der Waals surface area contributed by atoms with Gasteiger partial charge >= 0.3 is 0 Å². The van der Waals surface area contributed by atoms with Crippen molar-refractivity contribution in [3.8, 4) is 11.1 Å². The van der Waals surface area contributed by atoms with Gasteiger partial charge in [-0.05, 0) is 30.5 Å². The number of carbonyl (C=O) groups is 1. The van der Waals surface area contributed by atoms with Crippen LogP contribution in [0.25, 0.3) is 11.1 Å². The summed E-state index contributed by atoms with van der Waals surface area (Å²) in [5.41, 5.74) is 2.68. The van der Waals surface area contributed by atoms with Gasteiger partial charge in [-0.3, -0.25) is 4.79 Å². The van der Waals surface area contributed by atoms with Crippen molar-refractivity contribution in [2.75, 3.05) is 13.3 Å². The lowest BCUT2D eigenvalue weighted by Gasteiger charge is -2.08. The molecule has 2 aromatic carbocycles. The van der Waals surface area contributed by atoms with Crippen molar-refractivity contribution >= 4 is 18.7 Å². The Morgan fingerprint density at radius 1 is 0.944 bits per heavy atom. The van der Waals surface area contributed by atoms with Crippen LogP contribution in [0.1, 0.15) is 10.4 Å². The van der Waals surface area contributed by atoms with E-state index < -0.39 is 7.14 Å². The zero-order chi connectivity index (χ0) is 13.2. The minimum absolute atomic E-state index is 0.660. The van der Waals surface area contributed by atoms with Gasteiger partial charge in [0, 0.05) is 10.9 Å². The molecule has 18 heavy (non-hydrogen) atoms. The molecule has 0 saturated carbocycles. The summed E-state index contributed by atoms with van der Waals surface area (Å²) < 4.78 is 11.9. The van der Waals surface area contributed by atoms with Crippen molar-refractivity contribution in [3.05, 3.63) is 54.1 Å². The van der Waals surface area contributed by atoms with Crippen LogP contribution in [0.5, 0.6) is 0 Å². The highest BCUT2D eigenvalue weighted by Crippen LogP contribution is 2.35. The van der Waals surface area contributed by atoms with E-state index in [9.17, 15) is 9.36 Å². The molecule has 0 aliphatic heterocycles. The molecule has 0 atom stereocenters. The lowest BCUT2D eigenvalue weighted by Crippen LogP contribution is -2.01. The molecule has 0 fully saturated rings. The summed E-state index contributed by atoms with van der Waals surface area (Å²) >= 11 is 0. The molecule has 0 aliphatic rings. The number of carbonyl (C=O) groups excluding carboxylic acids is 1. The monoisotopic (exact) mass is 258 g/mol. The van der Waals surface area contributed by atoms with Crippen molar-refractivity contribution < 1.29 is 9.36 Å². The van der Waals surface area contributed by atoms with E-state index in [1.807, 2.05) is 42.5 Å². The lowest BCUT2D eigenvalue weighted by molar-refractivity contribution is 0.112. The Kier molecular flexibility index (Phi) is 3.49. The molecule has 3 heteroatoms. The van der Waals surface area contributed by atoms with Crippen LogP contribution in [0.4, 0.5) is 0 Å². The van der Waals surface area contributed by atoms with Gasteiger partial charge in [0.05, 0.1) is 0 Å². The van der Waals surface area contributed by atoms with Crippen LogP contribution in [0.2, 0.25) is 0 Å². The van der Waals surface area contributed by atoms with Gasteiger partial charge in [0.15, 0.2) is 0 Å². The second-order valence-corrected chi connectivity index (χ2v) is 7.86. The van der Waals surface area contributed by atoms with Crippen LogP contribution in [-0.4, -0.2) is 19.6 Å². The third-order valence-corrected chi connectivity index (χ3v) is 4.39. The Bertz CT molecular complexity index is 609. The van der Waals surface area contributed by atoms with E-state index in [1.54, 1.807) is 19.4 Å². The van der Waals surface area contributed by atoms with Gasteiger partial charge in [0.2, 0.25) is 0 Å². The van der Waals surface area contributed by atoms with Crippen LogP contribution in [0, 0.1) is 0 Å². The second-order valence-electron chi connectivity index (χ2n) is 4.64. The number of aldehydes is 1. The van der Waals surface area contributed by atoms with Crippen molar-refractivity contribution in [2.24, 2.45) is 0 Å². The number of hydrogen-bond acceptors (Lipinski definition) is 2. The third-order valence-electron chi connectivity index (χ3n) is 2.85. The van der Waals surface area contributed by atoms with E-state index in [2.05, 4.69) is 0 Å². The fraction of sp³-hybridized carbons (Fsp3) is 0.133. The molecule has 92 valence electrons. The molecule has 0 aliphatic carbocycles. The maximum Gasteiger partial charge on any atom is 0.150 e. The van der Waals surface area contributed by atoms with E-state index in [-0.39, 0.29) is 0 Å². The van der Waals surface area contributed by atoms with Gasteiger partial charge < -0.3 is 4.57 Å². The Balaban J connectivity index is 2.40. The van der Waals surface area contributed by atoms with E-state index in [0.29, 0.717) is 5.56 Å². The molecule has 0 radical (unpaired) electrons. The Morgan fingerprint density at radius 3 is 2.17 bits per heavy atom. The van der Waals surface area contributed by atoms with Gasteiger partial charge in [-0.15, -0.1) is 0 Å². The summed E-state index contributed by atoms with van der Waals surface area (Å²) in [6.45, 7) is 3.52. The van der Waals surface area contributed by atoms with Gasteiger partial charge in [-0.2, -0.15) is 0 Å². The molecule has 0 aromatic heterocycles. The molecule has 0 N–H and O–H groups in total. The first-order valence-corrected chi connectivity index (χ1v) is 8.32. The van der Waals surface area contributed by atoms with E-state index in [0.717, 1.165) is 22.7 Å². The summed E-state index contributed by atoms with van der Waals surface area (Å²) in [5.74, 6) is 0. The number of rotatable bonds is 3. The Labute approximate surface area is 107 Å². The van der Waals surface area contributed by atoms with E-state index in [4.69, 9.17) is 0 Å². The predicted octanol–water partition coefficient (Wildman–Crippen LogP) is 3.41. The van der Waals surface area contributed by atoms with Crippen molar-refractivity contribution in [1.82, 2.24) is 0 Å². The Morgan fingerprint density at radius 2 is 1.61 bits per heavy atom. The molecule has 0 heterocycles. The zero-order valence-electron chi connectivity index (χ0n) is 10.5. The zero-order valence-corrected chi connectivity index (χ0v) is 11.4. The van der Waals surface area contributed by atoms with Gasteiger partial charge in [0.25, 0.3) is 0 Å². The average molecular weight is 258 g/mol. The van der Waals surface area contributed by atoms with Crippen molar-refractivity contribution in [3.63, 3.8) is 0 Å². The molecule has 0 unspecified atom stereocenters. The average Bonchev–Trinajstić information content (AvgIpc) is 2.38. The quantitative estimate of drug-likeness (QED) is 0.624. The fourth-order valence-electron chi connectivity index (χ4n) is 1.80. The van der Waals surface area contributed by atoms with E-state index in [1.165, 1.54) is 0 Å². The molecule has 2 aromatic rings. The Hall–Kier alpha value is -1.66. The normalized spacial score (nSPS) is 11.2. The smallest absolute Gasteiger partial charge is 0.150 e. The van der Waals surface area contributed by atoms with Crippen molar-refractivity contribution in [1.29, 1.82) is 0 Å². The molecule has 2 nitrogen and oxygen atoms in total. The van der Waals surface area contributed by atoms with Gasteiger partial charge in [0.1, 0.15) is 13.4 Å². The van der Waals surface area contributed by atoms with Crippen LogP contribution in [0.15, 0.2) is 48.5 Å². The highest BCUT2D eigenvalue weighted by atomic mass is 31.2. The van der Waals surface area contributed by atoms with Crippen LogP contribution < -0.4 is 5.30 Å². The summed E-state index contributed by atoms with van der Waals surface area (Å²) in [7, 11) is -2.20.